The van der Waals surface area contributed by atoms with Gasteiger partial charge in [0.2, 0.25) is 0 Å². The van der Waals surface area contributed by atoms with Crippen molar-refractivity contribution in [2.75, 3.05) is 36.4 Å². The number of anilines is 3. The summed E-state index contributed by atoms with van der Waals surface area (Å²) in [4.78, 5) is 17.9. The van der Waals surface area contributed by atoms with Crippen LogP contribution >= 0.6 is 11.3 Å². The number of aromatic nitrogens is 3. The fourth-order valence-corrected chi connectivity index (χ4v) is 4.68. The van der Waals surface area contributed by atoms with E-state index in [4.69, 9.17) is 0 Å². The summed E-state index contributed by atoms with van der Waals surface area (Å²) in [5.74, 6) is 1.50. The van der Waals surface area contributed by atoms with Gasteiger partial charge in [0.05, 0.1) is 15.7 Å². The van der Waals surface area contributed by atoms with Crippen molar-refractivity contribution in [3.63, 3.8) is 0 Å². The first kappa shape index (κ1) is 19.8. The molecule has 0 saturated carbocycles. The molecule has 2 aromatic heterocycles. The van der Waals surface area contributed by atoms with E-state index in [-0.39, 0.29) is 11.9 Å². The average Bonchev–Trinajstić information content (AvgIpc) is 3.27. The summed E-state index contributed by atoms with van der Waals surface area (Å²) in [6.07, 6.45) is 1.61. The van der Waals surface area contributed by atoms with E-state index in [1.165, 1.54) is 12.1 Å². The average molecular weight is 435 g/mol. The molecule has 1 unspecified atom stereocenters. The second-order valence-electron chi connectivity index (χ2n) is 7.67. The molecule has 1 aliphatic rings. The fourth-order valence-electron chi connectivity index (χ4n) is 3.96. The van der Waals surface area contributed by atoms with E-state index < -0.39 is 0 Å². The van der Waals surface area contributed by atoms with Gasteiger partial charge in [-0.05, 0) is 42.8 Å². The zero-order chi connectivity index (χ0) is 21.2. The summed E-state index contributed by atoms with van der Waals surface area (Å²) in [7, 11) is 0. The van der Waals surface area contributed by atoms with Crippen molar-refractivity contribution >= 4 is 38.9 Å². The number of piperazine rings is 1. The van der Waals surface area contributed by atoms with Gasteiger partial charge in [0, 0.05) is 44.0 Å². The number of benzene rings is 2. The van der Waals surface area contributed by atoms with Gasteiger partial charge in [-0.3, -0.25) is 4.90 Å². The number of rotatable bonds is 5. The Bertz CT molecular complexity index is 1170. The van der Waals surface area contributed by atoms with Crippen molar-refractivity contribution in [2.45, 2.75) is 13.0 Å². The van der Waals surface area contributed by atoms with E-state index in [1.54, 1.807) is 17.7 Å². The number of fused-ring (bicyclic) bond motifs is 1. The Hall–Kier alpha value is -3.10. The van der Waals surface area contributed by atoms with Gasteiger partial charge in [0.15, 0.2) is 0 Å². The predicted octanol–water partition coefficient (Wildman–Crippen LogP) is 4.85. The minimum atomic E-state index is -0.194. The lowest BCUT2D eigenvalue weighted by molar-refractivity contribution is 0.198. The van der Waals surface area contributed by atoms with Crippen LogP contribution in [0.25, 0.3) is 10.2 Å². The standard InChI is InChI=1S/C23H23FN6S/c1-16(17-2-4-18(24)5-3-17)29-8-10-30(11-9-29)23-13-22(25-14-26-23)28-19-6-7-20-21(12-19)31-15-27-20/h2-7,12-16H,8-11H2,1H3,(H,25,26,28). The molecule has 4 aromatic rings. The van der Waals surface area contributed by atoms with E-state index in [2.05, 4.69) is 43.1 Å². The molecule has 1 aliphatic heterocycles. The normalized spacial score (nSPS) is 15.9. The van der Waals surface area contributed by atoms with Crippen LogP contribution in [0.4, 0.5) is 21.7 Å². The summed E-state index contributed by atoms with van der Waals surface area (Å²) in [5.41, 5.74) is 4.99. The highest BCUT2D eigenvalue weighted by atomic mass is 32.1. The molecule has 2 aromatic carbocycles. The Morgan fingerprint density at radius 3 is 2.58 bits per heavy atom. The first-order valence-corrected chi connectivity index (χ1v) is 11.2. The molecule has 0 radical (unpaired) electrons. The summed E-state index contributed by atoms with van der Waals surface area (Å²) >= 11 is 1.62. The number of hydrogen-bond donors (Lipinski definition) is 1. The quantitative estimate of drug-likeness (QED) is 0.485. The van der Waals surface area contributed by atoms with Crippen LogP contribution in [0, 0.1) is 5.82 Å². The number of hydrogen-bond acceptors (Lipinski definition) is 7. The van der Waals surface area contributed by atoms with E-state index in [1.807, 2.05) is 35.8 Å². The highest BCUT2D eigenvalue weighted by molar-refractivity contribution is 7.16. The van der Waals surface area contributed by atoms with E-state index in [0.717, 1.165) is 59.3 Å². The van der Waals surface area contributed by atoms with Gasteiger partial charge in [-0.1, -0.05) is 12.1 Å². The van der Waals surface area contributed by atoms with Crippen LogP contribution in [0.5, 0.6) is 0 Å². The molecular formula is C23H23FN6S. The van der Waals surface area contributed by atoms with Crippen LogP contribution in [0.15, 0.2) is 60.4 Å². The molecular weight excluding hydrogens is 411 g/mol. The monoisotopic (exact) mass is 434 g/mol. The van der Waals surface area contributed by atoms with E-state index in [0.29, 0.717) is 0 Å². The number of thiazole rings is 1. The first-order valence-electron chi connectivity index (χ1n) is 10.3. The molecule has 0 spiro atoms. The minimum absolute atomic E-state index is 0.194. The topological polar surface area (TPSA) is 57.2 Å². The van der Waals surface area contributed by atoms with Crippen molar-refractivity contribution in [1.29, 1.82) is 0 Å². The molecule has 5 rings (SSSR count). The van der Waals surface area contributed by atoms with E-state index in [9.17, 15) is 4.39 Å². The maximum absolute atomic E-state index is 13.2. The van der Waals surface area contributed by atoms with Crippen molar-refractivity contribution in [3.8, 4) is 0 Å². The summed E-state index contributed by atoms with van der Waals surface area (Å²) in [6, 6.07) is 15.2. The van der Waals surface area contributed by atoms with E-state index >= 15 is 0 Å². The summed E-state index contributed by atoms with van der Waals surface area (Å²) < 4.78 is 14.4. The van der Waals surface area contributed by atoms with Crippen LogP contribution < -0.4 is 10.2 Å². The number of nitrogens with zero attached hydrogens (tertiary/aromatic N) is 5. The lowest BCUT2D eigenvalue weighted by Crippen LogP contribution is -2.47. The Labute approximate surface area is 184 Å². The summed E-state index contributed by atoms with van der Waals surface area (Å²) in [6.45, 7) is 5.79. The van der Waals surface area contributed by atoms with Crippen LogP contribution in [0.1, 0.15) is 18.5 Å². The highest BCUT2D eigenvalue weighted by Gasteiger charge is 2.23. The molecule has 1 fully saturated rings. The Morgan fingerprint density at radius 1 is 0.968 bits per heavy atom. The largest absolute Gasteiger partial charge is 0.354 e. The molecule has 1 saturated heterocycles. The van der Waals surface area contributed by atoms with Gasteiger partial charge in [0.25, 0.3) is 0 Å². The van der Waals surface area contributed by atoms with Crippen LogP contribution in [0.3, 0.4) is 0 Å². The van der Waals surface area contributed by atoms with Crippen molar-refractivity contribution in [1.82, 2.24) is 19.9 Å². The lowest BCUT2D eigenvalue weighted by Gasteiger charge is -2.38. The fraction of sp³-hybridized carbons (Fsp3) is 0.261. The third kappa shape index (κ3) is 4.35. The smallest absolute Gasteiger partial charge is 0.135 e. The molecule has 0 amide bonds. The molecule has 158 valence electrons. The second-order valence-corrected chi connectivity index (χ2v) is 8.56. The first-order chi connectivity index (χ1) is 15.2. The van der Waals surface area contributed by atoms with Gasteiger partial charge in [0.1, 0.15) is 23.8 Å². The molecule has 3 heterocycles. The van der Waals surface area contributed by atoms with Gasteiger partial charge < -0.3 is 10.2 Å². The van der Waals surface area contributed by atoms with Gasteiger partial charge in [-0.15, -0.1) is 11.3 Å². The van der Waals surface area contributed by atoms with Crippen LogP contribution in [-0.4, -0.2) is 46.0 Å². The Morgan fingerprint density at radius 2 is 1.77 bits per heavy atom. The van der Waals surface area contributed by atoms with Crippen molar-refractivity contribution in [2.24, 2.45) is 0 Å². The SMILES string of the molecule is CC(c1ccc(F)cc1)N1CCN(c2cc(Nc3ccc4ncsc4c3)ncn2)CC1. The third-order valence-electron chi connectivity index (χ3n) is 5.79. The molecule has 1 N–H and O–H groups in total. The Balaban J connectivity index is 1.23. The number of halogens is 1. The van der Waals surface area contributed by atoms with Crippen LogP contribution in [0.2, 0.25) is 0 Å². The summed E-state index contributed by atoms with van der Waals surface area (Å²) in [5, 5.41) is 3.38. The van der Waals surface area contributed by atoms with Gasteiger partial charge >= 0.3 is 0 Å². The molecule has 6 nitrogen and oxygen atoms in total. The number of nitrogens with one attached hydrogen (secondary N) is 1. The van der Waals surface area contributed by atoms with Crippen LogP contribution in [-0.2, 0) is 0 Å². The Kier molecular flexibility index (Phi) is 5.48. The molecule has 1 atom stereocenters. The molecule has 8 heteroatoms. The molecule has 0 aliphatic carbocycles. The lowest BCUT2D eigenvalue weighted by atomic mass is 10.1. The third-order valence-corrected chi connectivity index (χ3v) is 6.59. The maximum Gasteiger partial charge on any atom is 0.135 e. The van der Waals surface area contributed by atoms with Crippen molar-refractivity contribution < 1.29 is 4.39 Å². The molecule has 0 bridgehead atoms. The van der Waals surface area contributed by atoms with Gasteiger partial charge in [-0.25, -0.2) is 19.3 Å². The second kappa shape index (κ2) is 8.56. The molecule has 31 heavy (non-hydrogen) atoms. The van der Waals surface area contributed by atoms with Crippen molar-refractivity contribution in [3.05, 3.63) is 71.7 Å². The highest BCUT2D eigenvalue weighted by Crippen LogP contribution is 2.26. The zero-order valence-electron chi connectivity index (χ0n) is 17.2. The zero-order valence-corrected chi connectivity index (χ0v) is 18.0. The van der Waals surface area contributed by atoms with Gasteiger partial charge in [-0.2, -0.15) is 0 Å². The minimum Gasteiger partial charge on any atom is -0.354 e. The maximum atomic E-state index is 13.2. The predicted molar refractivity (Wildman–Crippen MR) is 124 cm³/mol.